The molecule has 13 heavy (non-hydrogen) atoms. The van der Waals surface area contributed by atoms with Gasteiger partial charge in [-0.25, -0.2) is 4.39 Å². The summed E-state index contributed by atoms with van der Waals surface area (Å²) in [6.45, 7) is 0. The first kappa shape index (κ1) is 8.66. The van der Waals surface area contributed by atoms with Crippen molar-refractivity contribution < 1.29 is 4.39 Å². The Morgan fingerprint density at radius 2 is 2.08 bits per heavy atom. The van der Waals surface area contributed by atoms with E-state index in [0.717, 1.165) is 11.3 Å². The molecule has 0 fully saturated rings. The number of nitrogens with one attached hydrogen (secondary N) is 1. The van der Waals surface area contributed by atoms with Crippen LogP contribution in [0.5, 0.6) is 0 Å². The molecule has 2 unspecified atom stereocenters. The Hall–Kier alpha value is -0.930. The smallest absolute Gasteiger partial charge is 0.141 e. The highest BCUT2D eigenvalue weighted by atomic mass is 35.5. The molecule has 2 atom stereocenters. The molecular weight excluding hydrogens is 191 g/mol. The predicted octanol–water partition coefficient (Wildman–Crippen LogP) is 1.90. The first-order valence-electron chi connectivity index (χ1n) is 3.94. The zero-order chi connectivity index (χ0) is 8.13. The van der Waals surface area contributed by atoms with Crippen molar-refractivity contribution in [1.82, 2.24) is 10.3 Å². The first-order valence-corrected chi connectivity index (χ1v) is 3.94. The molecule has 1 aromatic heterocycles. The SMILES string of the molecule is Cl.Fc1cnc2c(c1)C1C=CC2N1. The summed E-state index contributed by atoms with van der Waals surface area (Å²) in [4.78, 5) is 4.05. The molecule has 3 rings (SSSR count). The molecule has 0 aromatic carbocycles. The molecule has 2 nitrogen and oxygen atoms in total. The molecule has 1 aromatic rings. The van der Waals surface area contributed by atoms with Crippen molar-refractivity contribution >= 4 is 12.4 Å². The van der Waals surface area contributed by atoms with Gasteiger partial charge in [-0.05, 0) is 11.6 Å². The van der Waals surface area contributed by atoms with Crippen LogP contribution in [0.2, 0.25) is 0 Å². The quantitative estimate of drug-likeness (QED) is 0.644. The Kier molecular flexibility index (Phi) is 1.86. The Bertz CT molecular complexity index is 378. The number of pyridine rings is 1. The van der Waals surface area contributed by atoms with Gasteiger partial charge in [0.15, 0.2) is 0 Å². The Morgan fingerprint density at radius 1 is 1.31 bits per heavy atom. The number of halogens is 2. The average Bonchev–Trinajstić information content (AvgIpc) is 2.63. The molecule has 2 aliphatic rings. The van der Waals surface area contributed by atoms with Crippen LogP contribution >= 0.6 is 12.4 Å². The van der Waals surface area contributed by atoms with Crippen molar-refractivity contribution in [2.75, 3.05) is 0 Å². The normalized spacial score (nSPS) is 27.2. The van der Waals surface area contributed by atoms with E-state index in [0.29, 0.717) is 0 Å². The van der Waals surface area contributed by atoms with Gasteiger partial charge in [0.2, 0.25) is 0 Å². The largest absolute Gasteiger partial charge is 0.295 e. The third kappa shape index (κ3) is 1.08. The van der Waals surface area contributed by atoms with Crippen LogP contribution in [-0.4, -0.2) is 4.98 Å². The van der Waals surface area contributed by atoms with Crippen LogP contribution in [0.15, 0.2) is 24.4 Å². The fourth-order valence-corrected chi connectivity index (χ4v) is 1.86. The van der Waals surface area contributed by atoms with Crippen LogP contribution in [-0.2, 0) is 0 Å². The van der Waals surface area contributed by atoms with Gasteiger partial charge >= 0.3 is 0 Å². The van der Waals surface area contributed by atoms with Crippen molar-refractivity contribution in [2.45, 2.75) is 12.1 Å². The highest BCUT2D eigenvalue weighted by Crippen LogP contribution is 2.38. The van der Waals surface area contributed by atoms with Crippen molar-refractivity contribution in [3.63, 3.8) is 0 Å². The maximum absolute atomic E-state index is 12.8. The molecule has 3 heterocycles. The summed E-state index contributed by atoms with van der Waals surface area (Å²) < 4.78 is 12.8. The lowest BCUT2D eigenvalue weighted by atomic mass is 10.0. The van der Waals surface area contributed by atoms with E-state index in [1.165, 1.54) is 6.20 Å². The maximum Gasteiger partial charge on any atom is 0.141 e. The minimum atomic E-state index is -0.253. The van der Waals surface area contributed by atoms with Crippen LogP contribution in [0, 0.1) is 5.82 Å². The Balaban J connectivity index is 0.000000653. The summed E-state index contributed by atoms with van der Waals surface area (Å²) in [5.41, 5.74) is 1.96. The average molecular weight is 199 g/mol. The van der Waals surface area contributed by atoms with E-state index in [9.17, 15) is 4.39 Å². The Morgan fingerprint density at radius 3 is 2.92 bits per heavy atom. The minimum absolute atomic E-state index is 0. The number of nitrogens with zero attached hydrogens (tertiary/aromatic N) is 1. The summed E-state index contributed by atoms with van der Waals surface area (Å²) >= 11 is 0. The number of hydrogen-bond acceptors (Lipinski definition) is 2. The van der Waals surface area contributed by atoms with Gasteiger partial charge in [0, 0.05) is 0 Å². The Labute approximate surface area is 81.3 Å². The summed E-state index contributed by atoms with van der Waals surface area (Å²) in [5, 5.41) is 3.28. The van der Waals surface area contributed by atoms with Gasteiger partial charge in [-0.2, -0.15) is 0 Å². The van der Waals surface area contributed by atoms with Gasteiger partial charge in [-0.3, -0.25) is 10.3 Å². The van der Waals surface area contributed by atoms with Crippen molar-refractivity contribution in [2.24, 2.45) is 0 Å². The molecule has 0 saturated carbocycles. The van der Waals surface area contributed by atoms with Gasteiger partial charge in [-0.15, -0.1) is 12.4 Å². The topological polar surface area (TPSA) is 24.9 Å². The fraction of sp³-hybridized carbons (Fsp3) is 0.222. The lowest BCUT2D eigenvalue weighted by molar-refractivity contribution is 0.617. The number of rotatable bonds is 0. The zero-order valence-corrected chi connectivity index (χ0v) is 7.51. The molecule has 68 valence electrons. The van der Waals surface area contributed by atoms with Crippen LogP contribution in [0.1, 0.15) is 23.3 Å². The lowest BCUT2D eigenvalue weighted by Gasteiger charge is -2.05. The van der Waals surface area contributed by atoms with Crippen molar-refractivity contribution in [3.8, 4) is 0 Å². The molecule has 0 saturated heterocycles. The molecular formula is C9H8ClFN2. The van der Waals surface area contributed by atoms with E-state index < -0.39 is 0 Å². The summed E-state index contributed by atoms with van der Waals surface area (Å²) in [6, 6.07) is 1.96. The van der Waals surface area contributed by atoms with Gasteiger partial charge < -0.3 is 0 Å². The fourth-order valence-electron chi connectivity index (χ4n) is 1.86. The van der Waals surface area contributed by atoms with Crippen LogP contribution in [0.25, 0.3) is 0 Å². The van der Waals surface area contributed by atoms with E-state index in [-0.39, 0.29) is 30.3 Å². The maximum atomic E-state index is 12.8. The number of hydrogen-bond donors (Lipinski definition) is 1. The molecule has 2 bridgehead atoms. The van der Waals surface area contributed by atoms with E-state index in [1.54, 1.807) is 6.07 Å². The number of aromatic nitrogens is 1. The standard InChI is InChI=1S/C9H7FN2.ClH/c10-5-3-6-7-1-2-8(12-7)9(6)11-4-5;/h1-4,7-8,12H;1H. The monoisotopic (exact) mass is 198 g/mol. The second kappa shape index (κ2) is 2.79. The van der Waals surface area contributed by atoms with Crippen molar-refractivity contribution in [1.29, 1.82) is 0 Å². The molecule has 2 aliphatic heterocycles. The van der Waals surface area contributed by atoms with Crippen LogP contribution < -0.4 is 5.32 Å². The highest BCUT2D eigenvalue weighted by Gasteiger charge is 2.33. The predicted molar refractivity (Wildman–Crippen MR) is 49.2 cm³/mol. The highest BCUT2D eigenvalue weighted by molar-refractivity contribution is 5.85. The zero-order valence-electron chi connectivity index (χ0n) is 6.70. The van der Waals surface area contributed by atoms with Crippen LogP contribution in [0.4, 0.5) is 4.39 Å². The molecule has 1 N–H and O–H groups in total. The second-order valence-corrected chi connectivity index (χ2v) is 3.13. The minimum Gasteiger partial charge on any atom is -0.295 e. The molecule has 0 aliphatic carbocycles. The van der Waals surface area contributed by atoms with E-state index in [4.69, 9.17) is 0 Å². The first-order chi connectivity index (χ1) is 5.84. The van der Waals surface area contributed by atoms with Gasteiger partial charge in [-0.1, -0.05) is 12.2 Å². The second-order valence-electron chi connectivity index (χ2n) is 3.13. The summed E-state index contributed by atoms with van der Waals surface area (Å²) in [6.07, 6.45) is 5.39. The summed E-state index contributed by atoms with van der Waals surface area (Å²) in [5.74, 6) is -0.253. The molecule has 0 radical (unpaired) electrons. The van der Waals surface area contributed by atoms with Crippen LogP contribution in [0.3, 0.4) is 0 Å². The van der Waals surface area contributed by atoms with Gasteiger partial charge in [0.1, 0.15) is 5.82 Å². The van der Waals surface area contributed by atoms with Crippen molar-refractivity contribution in [3.05, 3.63) is 41.5 Å². The van der Waals surface area contributed by atoms with E-state index >= 15 is 0 Å². The van der Waals surface area contributed by atoms with E-state index in [2.05, 4.69) is 16.4 Å². The molecule has 0 amide bonds. The van der Waals surface area contributed by atoms with E-state index in [1.807, 2.05) is 6.08 Å². The summed E-state index contributed by atoms with van der Waals surface area (Å²) in [7, 11) is 0. The molecule has 4 heteroatoms. The van der Waals surface area contributed by atoms with Gasteiger partial charge in [0.05, 0.1) is 24.0 Å². The van der Waals surface area contributed by atoms with Gasteiger partial charge in [0.25, 0.3) is 0 Å². The lowest BCUT2D eigenvalue weighted by Crippen LogP contribution is -2.07. The number of fused-ring (bicyclic) bond motifs is 5. The third-order valence-electron chi connectivity index (χ3n) is 2.40. The molecule has 0 spiro atoms. The third-order valence-corrected chi connectivity index (χ3v) is 2.40.